The molecule has 5 nitrogen and oxygen atoms in total. The number of carbonyl (C=O) groups excluding carboxylic acids is 1. The fourth-order valence-corrected chi connectivity index (χ4v) is 2.62. The molecule has 19 heavy (non-hydrogen) atoms. The maximum atomic E-state index is 11.1. The fraction of sp³-hybridized carbons (Fsp3) is 0.643. The van der Waals surface area contributed by atoms with Crippen molar-refractivity contribution in [2.24, 2.45) is 7.05 Å². The Morgan fingerprint density at radius 1 is 1.47 bits per heavy atom. The van der Waals surface area contributed by atoms with Gasteiger partial charge in [0.2, 0.25) is 5.91 Å². The number of hydrogen-bond donors (Lipinski definition) is 2. The molecule has 5 heteroatoms. The number of hydrogen-bond acceptors (Lipinski definition) is 3. The van der Waals surface area contributed by atoms with Crippen molar-refractivity contribution in [3.63, 3.8) is 0 Å². The quantitative estimate of drug-likeness (QED) is 0.836. The van der Waals surface area contributed by atoms with E-state index in [2.05, 4.69) is 20.9 Å². The second-order valence-electron chi connectivity index (χ2n) is 5.34. The molecule has 1 fully saturated rings. The predicted molar refractivity (Wildman–Crippen MR) is 73.5 cm³/mol. The first-order chi connectivity index (χ1) is 9.06. The lowest BCUT2D eigenvalue weighted by Gasteiger charge is -2.21. The zero-order valence-corrected chi connectivity index (χ0v) is 11.7. The monoisotopic (exact) mass is 265 g/mol. The minimum Gasteiger partial charge on any atom is -0.391 e. The van der Waals surface area contributed by atoms with Crippen LogP contribution in [0.3, 0.4) is 0 Å². The largest absolute Gasteiger partial charge is 0.391 e. The molecule has 2 N–H and O–H groups in total. The van der Waals surface area contributed by atoms with Gasteiger partial charge in [-0.3, -0.25) is 9.69 Å². The van der Waals surface area contributed by atoms with E-state index in [9.17, 15) is 9.90 Å². The average Bonchev–Trinajstić information content (AvgIpc) is 2.67. The SMILES string of the molecule is CC(=O)N[C@H]1CCN(Cc2cccn2C)CC[C@@H]1O. The van der Waals surface area contributed by atoms with E-state index in [4.69, 9.17) is 0 Å². The molecule has 1 aromatic rings. The van der Waals surface area contributed by atoms with Crippen LogP contribution in [0.4, 0.5) is 0 Å². The Hall–Kier alpha value is -1.33. The van der Waals surface area contributed by atoms with Gasteiger partial charge in [0, 0.05) is 45.5 Å². The Bertz CT molecular complexity index is 430. The fourth-order valence-electron chi connectivity index (χ4n) is 2.62. The van der Waals surface area contributed by atoms with E-state index in [0.717, 1.165) is 26.1 Å². The molecule has 1 saturated heterocycles. The number of aromatic nitrogens is 1. The van der Waals surface area contributed by atoms with Gasteiger partial charge in [-0.15, -0.1) is 0 Å². The molecule has 1 amide bonds. The highest BCUT2D eigenvalue weighted by Gasteiger charge is 2.25. The zero-order valence-electron chi connectivity index (χ0n) is 11.7. The molecule has 0 aliphatic carbocycles. The van der Waals surface area contributed by atoms with Crippen LogP contribution >= 0.6 is 0 Å². The Labute approximate surface area is 114 Å². The third-order valence-electron chi connectivity index (χ3n) is 3.79. The highest BCUT2D eigenvalue weighted by atomic mass is 16.3. The molecule has 2 heterocycles. The van der Waals surface area contributed by atoms with Crippen molar-refractivity contribution < 1.29 is 9.90 Å². The summed E-state index contributed by atoms with van der Waals surface area (Å²) in [5, 5.41) is 12.9. The lowest BCUT2D eigenvalue weighted by Crippen LogP contribution is -2.42. The van der Waals surface area contributed by atoms with Gasteiger partial charge in [0.25, 0.3) is 0 Å². The van der Waals surface area contributed by atoms with Crippen LogP contribution in [0.15, 0.2) is 18.3 Å². The van der Waals surface area contributed by atoms with Crippen molar-refractivity contribution in [3.05, 3.63) is 24.0 Å². The smallest absolute Gasteiger partial charge is 0.217 e. The number of likely N-dealkylation sites (tertiary alicyclic amines) is 1. The van der Waals surface area contributed by atoms with E-state index in [1.807, 2.05) is 19.3 Å². The summed E-state index contributed by atoms with van der Waals surface area (Å²) in [6.45, 7) is 4.15. The van der Waals surface area contributed by atoms with Gasteiger partial charge in [0.1, 0.15) is 0 Å². The van der Waals surface area contributed by atoms with Crippen LogP contribution in [0.2, 0.25) is 0 Å². The van der Waals surface area contributed by atoms with Crippen LogP contribution in [0, 0.1) is 0 Å². The molecule has 0 unspecified atom stereocenters. The number of amides is 1. The summed E-state index contributed by atoms with van der Waals surface area (Å²) >= 11 is 0. The minimum atomic E-state index is -0.442. The molecular formula is C14H23N3O2. The minimum absolute atomic E-state index is 0.0695. The van der Waals surface area contributed by atoms with Crippen LogP contribution in [-0.4, -0.2) is 45.7 Å². The molecule has 0 aromatic carbocycles. The highest BCUT2D eigenvalue weighted by Crippen LogP contribution is 2.15. The molecule has 2 atom stereocenters. The van der Waals surface area contributed by atoms with E-state index < -0.39 is 6.10 Å². The molecule has 0 spiro atoms. The van der Waals surface area contributed by atoms with Crippen molar-refractivity contribution in [1.82, 2.24) is 14.8 Å². The molecule has 0 bridgehead atoms. The first kappa shape index (κ1) is 14.1. The van der Waals surface area contributed by atoms with Crippen molar-refractivity contribution in [2.45, 2.75) is 38.5 Å². The van der Waals surface area contributed by atoms with Crippen molar-refractivity contribution in [1.29, 1.82) is 0 Å². The van der Waals surface area contributed by atoms with E-state index >= 15 is 0 Å². The lowest BCUT2D eigenvalue weighted by molar-refractivity contribution is -0.120. The number of aryl methyl sites for hydroxylation is 1. The second-order valence-corrected chi connectivity index (χ2v) is 5.34. The number of nitrogens with one attached hydrogen (secondary N) is 1. The average molecular weight is 265 g/mol. The summed E-state index contributed by atoms with van der Waals surface area (Å²) in [7, 11) is 2.04. The van der Waals surface area contributed by atoms with Crippen molar-refractivity contribution in [2.75, 3.05) is 13.1 Å². The van der Waals surface area contributed by atoms with Crippen LogP contribution in [-0.2, 0) is 18.4 Å². The Morgan fingerprint density at radius 2 is 2.21 bits per heavy atom. The number of rotatable bonds is 3. The van der Waals surface area contributed by atoms with E-state index in [1.165, 1.54) is 12.6 Å². The summed E-state index contributed by atoms with van der Waals surface area (Å²) in [6, 6.07) is 4.05. The van der Waals surface area contributed by atoms with Crippen molar-refractivity contribution >= 4 is 5.91 Å². The number of aliphatic hydroxyl groups excluding tert-OH is 1. The van der Waals surface area contributed by atoms with E-state index in [-0.39, 0.29) is 11.9 Å². The van der Waals surface area contributed by atoms with Crippen LogP contribution in [0.1, 0.15) is 25.5 Å². The number of nitrogens with zero attached hydrogens (tertiary/aromatic N) is 2. The summed E-state index contributed by atoms with van der Waals surface area (Å²) in [5.41, 5.74) is 1.27. The summed E-state index contributed by atoms with van der Waals surface area (Å²) in [4.78, 5) is 13.4. The summed E-state index contributed by atoms with van der Waals surface area (Å²) in [5.74, 6) is -0.0695. The van der Waals surface area contributed by atoms with Gasteiger partial charge in [0.15, 0.2) is 0 Å². The molecule has 0 saturated carbocycles. The first-order valence-corrected chi connectivity index (χ1v) is 6.84. The lowest BCUT2D eigenvalue weighted by atomic mass is 10.1. The summed E-state index contributed by atoms with van der Waals surface area (Å²) < 4.78 is 2.12. The highest BCUT2D eigenvalue weighted by molar-refractivity contribution is 5.73. The normalized spacial score (nSPS) is 25.0. The molecule has 2 rings (SSSR count). The van der Waals surface area contributed by atoms with Crippen LogP contribution < -0.4 is 5.32 Å². The molecule has 106 valence electrons. The number of aliphatic hydroxyl groups is 1. The third kappa shape index (κ3) is 3.81. The second kappa shape index (κ2) is 6.21. The van der Waals surface area contributed by atoms with Gasteiger partial charge < -0.3 is 15.0 Å². The van der Waals surface area contributed by atoms with Crippen LogP contribution in [0.25, 0.3) is 0 Å². The van der Waals surface area contributed by atoms with Gasteiger partial charge in [-0.25, -0.2) is 0 Å². The molecule has 1 aliphatic heterocycles. The third-order valence-corrected chi connectivity index (χ3v) is 3.79. The maximum absolute atomic E-state index is 11.1. The zero-order chi connectivity index (χ0) is 13.8. The van der Waals surface area contributed by atoms with Gasteiger partial charge in [-0.2, -0.15) is 0 Å². The maximum Gasteiger partial charge on any atom is 0.217 e. The van der Waals surface area contributed by atoms with Crippen molar-refractivity contribution in [3.8, 4) is 0 Å². The van der Waals surface area contributed by atoms with Gasteiger partial charge in [-0.1, -0.05) is 0 Å². The molecule has 1 aliphatic rings. The number of carbonyl (C=O) groups is 1. The molecule has 1 aromatic heterocycles. The predicted octanol–water partition coefficient (Wildman–Crippen LogP) is 0.486. The van der Waals surface area contributed by atoms with Crippen LogP contribution in [0.5, 0.6) is 0 Å². The van der Waals surface area contributed by atoms with E-state index in [0.29, 0.717) is 6.42 Å². The van der Waals surface area contributed by atoms with Gasteiger partial charge >= 0.3 is 0 Å². The van der Waals surface area contributed by atoms with E-state index in [1.54, 1.807) is 0 Å². The summed E-state index contributed by atoms with van der Waals surface area (Å²) in [6.07, 6.45) is 3.10. The molecular weight excluding hydrogens is 242 g/mol. The topological polar surface area (TPSA) is 57.5 Å². The first-order valence-electron chi connectivity index (χ1n) is 6.84. The Morgan fingerprint density at radius 3 is 2.84 bits per heavy atom. The molecule has 0 radical (unpaired) electrons. The Kier molecular flexibility index (Phi) is 4.61. The van der Waals surface area contributed by atoms with Gasteiger partial charge in [-0.05, 0) is 25.0 Å². The Balaban J connectivity index is 1.92. The van der Waals surface area contributed by atoms with Gasteiger partial charge in [0.05, 0.1) is 12.1 Å². The standard InChI is InChI=1S/C14H23N3O2/c1-11(18)15-13-5-8-17(9-6-14(13)19)10-12-4-3-7-16(12)2/h3-4,7,13-14,19H,5-6,8-10H2,1-2H3,(H,15,18)/t13-,14-/m0/s1.